The van der Waals surface area contributed by atoms with Crippen LogP contribution in [0.15, 0.2) is 36.4 Å². The van der Waals surface area contributed by atoms with Crippen molar-refractivity contribution < 1.29 is 4.74 Å². The lowest BCUT2D eigenvalue weighted by molar-refractivity contribution is 0.268. The van der Waals surface area contributed by atoms with Gasteiger partial charge >= 0.3 is 0 Å². The highest BCUT2D eigenvalue weighted by Crippen LogP contribution is 2.29. The predicted molar refractivity (Wildman–Crippen MR) is 105 cm³/mol. The Kier molecular flexibility index (Phi) is 8.11. The van der Waals surface area contributed by atoms with E-state index in [-0.39, 0.29) is 0 Å². The molecular weight excluding hydrogens is 294 g/mol. The van der Waals surface area contributed by atoms with Crippen molar-refractivity contribution in [3.05, 3.63) is 42.0 Å². The summed E-state index contributed by atoms with van der Waals surface area (Å²) in [5.74, 6) is 1.01. The standard InChI is InChI=1S/C22H33NO/c1-4-7-16-23(17-8-5-2)18-15-19-13-14-22(24-6-3)21-12-10-9-11-20(19)21/h9-14H,4-8,15-18H2,1-3H3. The van der Waals surface area contributed by atoms with E-state index in [4.69, 9.17) is 4.74 Å². The van der Waals surface area contributed by atoms with Gasteiger partial charge in [0.15, 0.2) is 0 Å². The van der Waals surface area contributed by atoms with Crippen LogP contribution >= 0.6 is 0 Å². The Morgan fingerprint density at radius 3 is 2.08 bits per heavy atom. The molecule has 0 aromatic heterocycles. The van der Waals surface area contributed by atoms with Gasteiger partial charge in [-0.15, -0.1) is 0 Å². The van der Waals surface area contributed by atoms with E-state index < -0.39 is 0 Å². The second-order valence-corrected chi connectivity index (χ2v) is 6.50. The number of fused-ring (bicyclic) bond motifs is 1. The lowest BCUT2D eigenvalue weighted by Crippen LogP contribution is -2.28. The van der Waals surface area contributed by atoms with E-state index in [1.165, 1.54) is 55.1 Å². The third kappa shape index (κ3) is 5.24. The Balaban J connectivity index is 2.12. The number of rotatable bonds is 11. The fraction of sp³-hybridized carbons (Fsp3) is 0.545. The van der Waals surface area contributed by atoms with E-state index >= 15 is 0 Å². The Morgan fingerprint density at radius 2 is 1.46 bits per heavy atom. The second kappa shape index (κ2) is 10.4. The number of benzene rings is 2. The number of ether oxygens (including phenoxy) is 1. The van der Waals surface area contributed by atoms with Crippen molar-refractivity contribution in [2.24, 2.45) is 0 Å². The molecule has 0 radical (unpaired) electrons. The summed E-state index contributed by atoms with van der Waals surface area (Å²) in [6.07, 6.45) is 6.26. The highest BCUT2D eigenvalue weighted by molar-refractivity contribution is 5.91. The normalized spacial score (nSPS) is 11.3. The van der Waals surface area contributed by atoms with Gasteiger partial charge in [-0.3, -0.25) is 0 Å². The summed E-state index contributed by atoms with van der Waals surface area (Å²) in [6, 6.07) is 13.0. The molecule has 0 aliphatic rings. The first kappa shape index (κ1) is 18.8. The maximum Gasteiger partial charge on any atom is 0.127 e. The largest absolute Gasteiger partial charge is 0.493 e. The van der Waals surface area contributed by atoms with Crippen LogP contribution in [0.25, 0.3) is 10.8 Å². The number of hydrogen-bond acceptors (Lipinski definition) is 2. The summed E-state index contributed by atoms with van der Waals surface area (Å²) in [6.45, 7) is 10.9. The van der Waals surface area contributed by atoms with Crippen LogP contribution in [0.2, 0.25) is 0 Å². The van der Waals surface area contributed by atoms with E-state index in [9.17, 15) is 0 Å². The van der Waals surface area contributed by atoms with E-state index in [0.29, 0.717) is 6.61 Å². The fourth-order valence-electron chi connectivity index (χ4n) is 3.21. The minimum atomic E-state index is 0.713. The lowest BCUT2D eigenvalue weighted by Gasteiger charge is -2.22. The molecule has 24 heavy (non-hydrogen) atoms. The molecule has 0 unspecified atom stereocenters. The molecule has 0 spiro atoms. The Bertz CT molecular complexity index is 600. The highest BCUT2D eigenvalue weighted by Gasteiger charge is 2.09. The monoisotopic (exact) mass is 327 g/mol. The van der Waals surface area contributed by atoms with Crippen LogP contribution in [0.5, 0.6) is 5.75 Å². The molecule has 2 nitrogen and oxygen atoms in total. The first-order chi connectivity index (χ1) is 11.8. The van der Waals surface area contributed by atoms with E-state index in [1.54, 1.807) is 0 Å². The van der Waals surface area contributed by atoms with Crippen molar-refractivity contribution in [1.82, 2.24) is 4.90 Å². The van der Waals surface area contributed by atoms with Gasteiger partial charge in [0.05, 0.1) is 6.61 Å². The fourth-order valence-corrected chi connectivity index (χ4v) is 3.21. The summed E-state index contributed by atoms with van der Waals surface area (Å²) < 4.78 is 5.80. The van der Waals surface area contributed by atoms with Gasteiger partial charge in [0.2, 0.25) is 0 Å². The van der Waals surface area contributed by atoms with Gasteiger partial charge in [-0.05, 0) is 56.3 Å². The topological polar surface area (TPSA) is 12.5 Å². The second-order valence-electron chi connectivity index (χ2n) is 6.50. The molecule has 0 saturated carbocycles. The molecule has 2 rings (SSSR count). The van der Waals surface area contributed by atoms with Gasteiger partial charge in [-0.2, -0.15) is 0 Å². The van der Waals surface area contributed by atoms with Crippen LogP contribution in [0.3, 0.4) is 0 Å². The molecule has 0 amide bonds. The smallest absolute Gasteiger partial charge is 0.127 e. The average Bonchev–Trinajstić information content (AvgIpc) is 2.62. The Hall–Kier alpha value is -1.54. The van der Waals surface area contributed by atoms with Crippen LogP contribution in [-0.2, 0) is 6.42 Å². The van der Waals surface area contributed by atoms with Crippen molar-refractivity contribution in [3.63, 3.8) is 0 Å². The molecule has 0 fully saturated rings. The summed E-state index contributed by atoms with van der Waals surface area (Å²) in [5.41, 5.74) is 1.44. The van der Waals surface area contributed by atoms with Crippen LogP contribution in [-0.4, -0.2) is 31.1 Å². The van der Waals surface area contributed by atoms with E-state index in [1.807, 2.05) is 6.92 Å². The van der Waals surface area contributed by atoms with Crippen LogP contribution in [0.1, 0.15) is 52.0 Å². The maximum absolute atomic E-state index is 5.80. The van der Waals surface area contributed by atoms with Gasteiger partial charge in [-0.25, -0.2) is 0 Å². The third-order valence-electron chi connectivity index (χ3n) is 4.63. The molecule has 132 valence electrons. The number of hydrogen-bond donors (Lipinski definition) is 0. The van der Waals surface area contributed by atoms with Gasteiger partial charge in [-0.1, -0.05) is 57.0 Å². The first-order valence-corrected chi connectivity index (χ1v) is 9.65. The zero-order chi connectivity index (χ0) is 17.2. The van der Waals surface area contributed by atoms with Crippen molar-refractivity contribution in [3.8, 4) is 5.75 Å². The SMILES string of the molecule is CCCCN(CCCC)CCc1ccc(OCC)c2ccccc12. The van der Waals surface area contributed by atoms with E-state index in [2.05, 4.69) is 55.1 Å². The third-order valence-corrected chi connectivity index (χ3v) is 4.63. The minimum Gasteiger partial charge on any atom is -0.493 e. The molecule has 0 bridgehead atoms. The van der Waals surface area contributed by atoms with Gasteiger partial charge < -0.3 is 9.64 Å². The molecular formula is C22H33NO. The molecule has 2 heteroatoms. The Labute approximate surface area is 147 Å². The average molecular weight is 328 g/mol. The molecule has 2 aromatic carbocycles. The quantitative estimate of drug-likeness (QED) is 0.526. The van der Waals surface area contributed by atoms with Crippen LogP contribution in [0, 0.1) is 0 Å². The highest BCUT2D eigenvalue weighted by atomic mass is 16.5. The molecule has 0 saturated heterocycles. The Morgan fingerprint density at radius 1 is 0.792 bits per heavy atom. The van der Waals surface area contributed by atoms with Crippen molar-refractivity contribution >= 4 is 10.8 Å². The molecule has 0 aliphatic heterocycles. The number of unbranched alkanes of at least 4 members (excludes halogenated alkanes) is 2. The number of nitrogens with zero attached hydrogens (tertiary/aromatic N) is 1. The zero-order valence-corrected chi connectivity index (χ0v) is 15.7. The van der Waals surface area contributed by atoms with Crippen LogP contribution < -0.4 is 4.74 Å². The maximum atomic E-state index is 5.80. The zero-order valence-electron chi connectivity index (χ0n) is 15.7. The van der Waals surface area contributed by atoms with Gasteiger partial charge in [0.1, 0.15) is 5.75 Å². The first-order valence-electron chi connectivity index (χ1n) is 9.65. The lowest BCUT2D eigenvalue weighted by atomic mass is 10.0. The predicted octanol–water partition coefficient (Wildman–Crippen LogP) is 5.68. The molecule has 2 aromatic rings. The van der Waals surface area contributed by atoms with Crippen molar-refractivity contribution in [1.29, 1.82) is 0 Å². The molecule has 0 heterocycles. The summed E-state index contributed by atoms with van der Waals surface area (Å²) in [4.78, 5) is 2.64. The van der Waals surface area contributed by atoms with Crippen molar-refractivity contribution in [2.45, 2.75) is 52.9 Å². The van der Waals surface area contributed by atoms with Crippen LogP contribution in [0.4, 0.5) is 0 Å². The summed E-state index contributed by atoms with van der Waals surface area (Å²) in [5, 5.41) is 2.58. The summed E-state index contributed by atoms with van der Waals surface area (Å²) in [7, 11) is 0. The van der Waals surface area contributed by atoms with Gasteiger partial charge in [0, 0.05) is 11.9 Å². The molecule has 0 atom stereocenters. The van der Waals surface area contributed by atoms with Crippen molar-refractivity contribution in [2.75, 3.05) is 26.2 Å². The minimum absolute atomic E-state index is 0.713. The molecule has 0 N–H and O–H groups in total. The summed E-state index contributed by atoms with van der Waals surface area (Å²) >= 11 is 0. The van der Waals surface area contributed by atoms with E-state index in [0.717, 1.165) is 18.7 Å². The molecule has 0 aliphatic carbocycles. The van der Waals surface area contributed by atoms with Gasteiger partial charge in [0.25, 0.3) is 0 Å².